The standard InChI is InChI=1S/C7H17N2P/c1-10-9-7-4-2-6(8)3-5-7/h6-7,9-10H,2-5,8H2,1H3. The highest BCUT2D eigenvalue weighted by atomic mass is 31.1. The Morgan fingerprint density at radius 3 is 2.40 bits per heavy atom. The molecule has 0 aromatic rings. The molecule has 10 heavy (non-hydrogen) atoms. The second kappa shape index (κ2) is 4.27. The second-order valence-corrected chi connectivity index (χ2v) is 3.79. The van der Waals surface area contributed by atoms with Crippen molar-refractivity contribution < 1.29 is 0 Å². The molecule has 1 atom stereocenters. The lowest BCUT2D eigenvalue weighted by molar-refractivity contribution is 0.380. The fraction of sp³-hybridized carbons (Fsp3) is 1.00. The quantitative estimate of drug-likeness (QED) is 0.593. The van der Waals surface area contributed by atoms with E-state index in [2.05, 4.69) is 11.8 Å². The highest BCUT2D eigenvalue weighted by Crippen LogP contribution is 2.18. The monoisotopic (exact) mass is 160 g/mol. The van der Waals surface area contributed by atoms with Gasteiger partial charge in [-0.15, -0.1) is 0 Å². The van der Waals surface area contributed by atoms with E-state index in [-0.39, 0.29) is 0 Å². The Hall–Kier alpha value is 0.350. The molecule has 1 unspecified atom stereocenters. The Labute approximate surface area is 64.8 Å². The summed E-state index contributed by atoms with van der Waals surface area (Å²) in [6.45, 7) is 2.19. The summed E-state index contributed by atoms with van der Waals surface area (Å²) < 4.78 is 0. The first kappa shape index (κ1) is 8.45. The molecule has 0 amide bonds. The van der Waals surface area contributed by atoms with Crippen molar-refractivity contribution in [2.24, 2.45) is 5.73 Å². The van der Waals surface area contributed by atoms with Gasteiger partial charge in [-0.3, -0.25) is 5.09 Å². The van der Waals surface area contributed by atoms with Crippen molar-refractivity contribution in [2.45, 2.75) is 37.8 Å². The molecule has 1 aliphatic carbocycles. The van der Waals surface area contributed by atoms with Crippen LogP contribution < -0.4 is 10.8 Å². The number of rotatable bonds is 2. The maximum absolute atomic E-state index is 5.77. The summed E-state index contributed by atoms with van der Waals surface area (Å²) in [5, 5.41) is 3.48. The van der Waals surface area contributed by atoms with Gasteiger partial charge in [-0.1, -0.05) is 8.73 Å². The van der Waals surface area contributed by atoms with Crippen LogP contribution in [0.4, 0.5) is 0 Å². The summed E-state index contributed by atoms with van der Waals surface area (Å²) >= 11 is 0. The minimum absolute atomic E-state index is 0.484. The Morgan fingerprint density at radius 1 is 1.30 bits per heavy atom. The highest BCUT2D eigenvalue weighted by molar-refractivity contribution is 7.34. The zero-order valence-corrected chi connectivity index (χ0v) is 7.56. The molecule has 0 radical (unpaired) electrons. The third-order valence-corrected chi connectivity index (χ3v) is 2.82. The number of nitrogens with two attached hydrogens (primary N) is 1. The first-order chi connectivity index (χ1) is 4.83. The Morgan fingerprint density at radius 2 is 1.90 bits per heavy atom. The summed E-state index contributed by atoms with van der Waals surface area (Å²) in [6.07, 6.45) is 4.98. The number of hydrogen-bond donors (Lipinski definition) is 2. The molecule has 1 fully saturated rings. The molecule has 0 spiro atoms. The van der Waals surface area contributed by atoms with E-state index in [1.807, 2.05) is 0 Å². The first-order valence-corrected chi connectivity index (χ1v) is 5.51. The van der Waals surface area contributed by atoms with Crippen molar-refractivity contribution in [3.8, 4) is 0 Å². The van der Waals surface area contributed by atoms with E-state index in [0.29, 0.717) is 6.04 Å². The molecule has 0 bridgehead atoms. The molecule has 0 aromatic carbocycles. The van der Waals surface area contributed by atoms with Crippen molar-refractivity contribution in [1.29, 1.82) is 0 Å². The van der Waals surface area contributed by atoms with E-state index in [4.69, 9.17) is 5.73 Å². The van der Waals surface area contributed by atoms with Gasteiger partial charge < -0.3 is 5.73 Å². The van der Waals surface area contributed by atoms with Gasteiger partial charge in [0.25, 0.3) is 0 Å². The van der Waals surface area contributed by atoms with Crippen molar-refractivity contribution in [3.05, 3.63) is 0 Å². The fourth-order valence-electron chi connectivity index (χ4n) is 1.47. The topological polar surface area (TPSA) is 38.0 Å². The van der Waals surface area contributed by atoms with Gasteiger partial charge in [0, 0.05) is 12.1 Å². The van der Waals surface area contributed by atoms with Crippen LogP contribution in [0.2, 0.25) is 0 Å². The van der Waals surface area contributed by atoms with Crippen LogP contribution in [0.1, 0.15) is 25.7 Å². The maximum Gasteiger partial charge on any atom is 0.0102 e. The van der Waals surface area contributed by atoms with E-state index in [0.717, 1.165) is 14.8 Å². The van der Waals surface area contributed by atoms with E-state index >= 15 is 0 Å². The highest BCUT2D eigenvalue weighted by Gasteiger charge is 2.16. The van der Waals surface area contributed by atoms with Gasteiger partial charge in [0.2, 0.25) is 0 Å². The van der Waals surface area contributed by atoms with Crippen molar-refractivity contribution >= 4 is 8.73 Å². The molecular formula is C7H17N2P. The lowest BCUT2D eigenvalue weighted by Crippen LogP contribution is -2.33. The van der Waals surface area contributed by atoms with E-state index in [1.54, 1.807) is 0 Å². The largest absolute Gasteiger partial charge is 0.328 e. The molecule has 3 heteroatoms. The molecule has 0 saturated heterocycles. The normalized spacial score (nSPS) is 35.4. The molecular weight excluding hydrogens is 143 g/mol. The smallest absolute Gasteiger partial charge is 0.0102 e. The third kappa shape index (κ3) is 2.53. The van der Waals surface area contributed by atoms with Gasteiger partial charge in [-0.2, -0.15) is 0 Å². The second-order valence-electron chi connectivity index (χ2n) is 3.01. The molecule has 0 aliphatic heterocycles. The molecule has 2 nitrogen and oxygen atoms in total. The molecule has 1 saturated carbocycles. The van der Waals surface area contributed by atoms with Crippen molar-refractivity contribution in [2.75, 3.05) is 6.66 Å². The van der Waals surface area contributed by atoms with Crippen LogP contribution in [0.5, 0.6) is 0 Å². The van der Waals surface area contributed by atoms with Crippen LogP contribution in [0.25, 0.3) is 0 Å². The SMILES string of the molecule is CPNC1CCC(N)CC1. The molecule has 3 N–H and O–H groups in total. The summed E-state index contributed by atoms with van der Waals surface area (Å²) in [5.41, 5.74) is 5.77. The van der Waals surface area contributed by atoms with Gasteiger partial charge in [0.1, 0.15) is 0 Å². The fourth-order valence-corrected chi connectivity index (χ4v) is 2.16. The Bertz CT molecular complexity index is 89.6. The zero-order chi connectivity index (χ0) is 7.40. The van der Waals surface area contributed by atoms with Gasteiger partial charge in [-0.25, -0.2) is 0 Å². The van der Waals surface area contributed by atoms with Crippen LogP contribution in [0.3, 0.4) is 0 Å². The molecule has 1 aliphatic rings. The number of nitrogens with one attached hydrogen (secondary N) is 1. The molecule has 0 aromatic heterocycles. The summed E-state index contributed by atoms with van der Waals surface area (Å²) in [7, 11) is 0.890. The first-order valence-electron chi connectivity index (χ1n) is 4.01. The van der Waals surface area contributed by atoms with E-state index in [9.17, 15) is 0 Å². The Balaban J connectivity index is 2.13. The minimum Gasteiger partial charge on any atom is -0.328 e. The van der Waals surface area contributed by atoms with Gasteiger partial charge in [-0.05, 0) is 32.3 Å². The summed E-state index contributed by atoms with van der Waals surface area (Å²) in [4.78, 5) is 0. The molecule has 0 heterocycles. The summed E-state index contributed by atoms with van der Waals surface area (Å²) in [6, 6.07) is 1.25. The van der Waals surface area contributed by atoms with Gasteiger partial charge in [0.05, 0.1) is 0 Å². The average molecular weight is 160 g/mol. The van der Waals surface area contributed by atoms with Crippen LogP contribution in [0.15, 0.2) is 0 Å². The lowest BCUT2D eigenvalue weighted by Gasteiger charge is -2.26. The van der Waals surface area contributed by atoms with Crippen LogP contribution >= 0.6 is 8.73 Å². The average Bonchev–Trinajstić information content (AvgIpc) is 1.95. The number of hydrogen-bond acceptors (Lipinski definition) is 2. The molecule has 60 valence electrons. The minimum atomic E-state index is 0.484. The third-order valence-electron chi connectivity index (χ3n) is 2.12. The zero-order valence-electron chi connectivity index (χ0n) is 6.56. The molecule has 1 rings (SSSR count). The van der Waals surface area contributed by atoms with Crippen molar-refractivity contribution in [1.82, 2.24) is 5.09 Å². The predicted molar refractivity (Wildman–Crippen MR) is 47.6 cm³/mol. The van der Waals surface area contributed by atoms with Crippen molar-refractivity contribution in [3.63, 3.8) is 0 Å². The van der Waals surface area contributed by atoms with Gasteiger partial charge in [0.15, 0.2) is 0 Å². The van der Waals surface area contributed by atoms with Crippen LogP contribution in [-0.2, 0) is 0 Å². The van der Waals surface area contributed by atoms with E-state index < -0.39 is 0 Å². The van der Waals surface area contributed by atoms with Crippen LogP contribution in [0, 0.1) is 0 Å². The van der Waals surface area contributed by atoms with E-state index in [1.165, 1.54) is 25.7 Å². The van der Waals surface area contributed by atoms with Crippen LogP contribution in [-0.4, -0.2) is 18.7 Å². The predicted octanol–water partition coefficient (Wildman–Crippen LogP) is 1.07. The maximum atomic E-state index is 5.77. The lowest BCUT2D eigenvalue weighted by atomic mass is 9.93. The Kier molecular flexibility index (Phi) is 3.61. The summed E-state index contributed by atoms with van der Waals surface area (Å²) in [5.74, 6) is 0. The van der Waals surface area contributed by atoms with Gasteiger partial charge >= 0.3 is 0 Å².